The highest BCUT2D eigenvalue weighted by molar-refractivity contribution is 5.94. The van der Waals surface area contributed by atoms with Gasteiger partial charge in [-0.25, -0.2) is 4.39 Å². The summed E-state index contributed by atoms with van der Waals surface area (Å²) in [4.78, 5) is 16.8. The van der Waals surface area contributed by atoms with Crippen LogP contribution >= 0.6 is 0 Å². The average molecular weight is 367 g/mol. The lowest BCUT2D eigenvalue weighted by Gasteiger charge is -2.39. The van der Waals surface area contributed by atoms with Crippen molar-refractivity contribution >= 4 is 5.91 Å². The van der Waals surface area contributed by atoms with Crippen molar-refractivity contribution < 1.29 is 14.3 Å². The third-order valence-electron chi connectivity index (χ3n) is 5.08. The lowest BCUT2D eigenvalue weighted by molar-refractivity contribution is 0.0500. The Labute approximate surface area is 158 Å². The van der Waals surface area contributed by atoms with Crippen LogP contribution in [0.25, 0.3) is 11.1 Å². The Balaban J connectivity index is 1.75. The van der Waals surface area contributed by atoms with Crippen LogP contribution in [0.2, 0.25) is 0 Å². The SMILES string of the molecule is CN1CCN(C(=O)c2ccc(-c3ccc(F)c(C#N)c3)cc2)C[C@H]1CCO. The molecule has 0 aromatic heterocycles. The molecule has 1 aliphatic heterocycles. The van der Waals surface area contributed by atoms with Crippen LogP contribution in [0.15, 0.2) is 42.5 Å². The van der Waals surface area contributed by atoms with Crippen LogP contribution in [0, 0.1) is 17.1 Å². The fourth-order valence-corrected chi connectivity index (χ4v) is 3.37. The summed E-state index contributed by atoms with van der Waals surface area (Å²) in [7, 11) is 2.01. The van der Waals surface area contributed by atoms with E-state index in [1.165, 1.54) is 12.1 Å². The minimum Gasteiger partial charge on any atom is -0.396 e. The second-order valence-corrected chi connectivity index (χ2v) is 6.78. The van der Waals surface area contributed by atoms with Crippen LogP contribution in [-0.4, -0.2) is 60.1 Å². The van der Waals surface area contributed by atoms with Gasteiger partial charge in [0, 0.05) is 37.8 Å². The number of aliphatic hydroxyl groups is 1. The number of carbonyl (C=O) groups excluding carboxylic acids is 1. The number of amides is 1. The van der Waals surface area contributed by atoms with Crippen LogP contribution in [0.1, 0.15) is 22.3 Å². The van der Waals surface area contributed by atoms with Crippen LogP contribution in [0.5, 0.6) is 0 Å². The van der Waals surface area contributed by atoms with Crippen molar-refractivity contribution in [3.8, 4) is 17.2 Å². The first-order valence-corrected chi connectivity index (χ1v) is 8.94. The standard InChI is InChI=1S/C21H22FN3O2/c1-24-9-10-25(14-19(24)8-11-26)21(27)16-4-2-15(3-5-16)17-6-7-20(22)18(12-17)13-23/h2-7,12,19,26H,8-11,14H2,1H3/t19-/m1/s1. The van der Waals surface area contributed by atoms with Gasteiger partial charge >= 0.3 is 0 Å². The molecule has 1 atom stereocenters. The van der Waals surface area contributed by atoms with E-state index in [1.54, 1.807) is 18.2 Å². The maximum absolute atomic E-state index is 13.5. The first-order valence-electron chi connectivity index (χ1n) is 8.94. The third-order valence-corrected chi connectivity index (χ3v) is 5.08. The molecular weight excluding hydrogens is 345 g/mol. The van der Waals surface area contributed by atoms with Crippen LogP contribution in [-0.2, 0) is 0 Å². The number of aliphatic hydroxyl groups excluding tert-OH is 1. The van der Waals surface area contributed by atoms with Gasteiger partial charge in [-0.1, -0.05) is 18.2 Å². The summed E-state index contributed by atoms with van der Waals surface area (Å²) in [5, 5.41) is 18.2. The van der Waals surface area contributed by atoms with E-state index in [2.05, 4.69) is 4.90 Å². The normalized spacial score (nSPS) is 17.6. The van der Waals surface area contributed by atoms with Crippen molar-refractivity contribution in [2.24, 2.45) is 0 Å². The molecule has 0 spiro atoms. The molecule has 2 aromatic carbocycles. The monoisotopic (exact) mass is 367 g/mol. The molecule has 2 aromatic rings. The Morgan fingerprint density at radius 3 is 2.59 bits per heavy atom. The first kappa shape index (κ1) is 19.0. The van der Waals surface area contributed by atoms with Gasteiger partial charge in [-0.15, -0.1) is 0 Å². The number of likely N-dealkylation sites (N-methyl/N-ethyl adjacent to an activating group) is 1. The number of piperazine rings is 1. The zero-order valence-corrected chi connectivity index (χ0v) is 15.2. The largest absolute Gasteiger partial charge is 0.396 e. The minimum absolute atomic E-state index is 0.0000135. The number of rotatable bonds is 4. The maximum Gasteiger partial charge on any atom is 0.253 e. The molecule has 140 valence electrons. The van der Waals surface area contributed by atoms with Crippen molar-refractivity contribution in [3.05, 3.63) is 59.4 Å². The molecule has 1 fully saturated rings. The van der Waals surface area contributed by atoms with E-state index in [1.807, 2.05) is 30.1 Å². The second-order valence-electron chi connectivity index (χ2n) is 6.78. The van der Waals surface area contributed by atoms with E-state index in [0.29, 0.717) is 25.1 Å². The molecule has 5 nitrogen and oxygen atoms in total. The van der Waals surface area contributed by atoms with E-state index >= 15 is 0 Å². The number of benzene rings is 2. The number of hydrogen-bond donors (Lipinski definition) is 1. The van der Waals surface area contributed by atoms with Gasteiger partial charge in [0.1, 0.15) is 11.9 Å². The van der Waals surface area contributed by atoms with Crippen LogP contribution in [0.3, 0.4) is 0 Å². The van der Waals surface area contributed by atoms with Gasteiger partial charge in [0.25, 0.3) is 5.91 Å². The average Bonchev–Trinajstić information content (AvgIpc) is 2.70. The van der Waals surface area contributed by atoms with Crippen molar-refractivity contribution in [1.29, 1.82) is 5.26 Å². The Hall–Kier alpha value is -2.75. The Kier molecular flexibility index (Phi) is 5.84. The number of hydrogen-bond acceptors (Lipinski definition) is 4. The topological polar surface area (TPSA) is 67.6 Å². The van der Waals surface area contributed by atoms with Crippen molar-refractivity contribution in [2.45, 2.75) is 12.5 Å². The summed E-state index contributed by atoms with van der Waals surface area (Å²) in [6.45, 7) is 2.14. The van der Waals surface area contributed by atoms with Crippen molar-refractivity contribution in [3.63, 3.8) is 0 Å². The van der Waals surface area contributed by atoms with Gasteiger partial charge in [0.2, 0.25) is 0 Å². The smallest absolute Gasteiger partial charge is 0.253 e. The summed E-state index contributed by atoms with van der Waals surface area (Å²) in [5.74, 6) is -0.574. The molecule has 3 rings (SSSR count). The third kappa shape index (κ3) is 4.16. The fourth-order valence-electron chi connectivity index (χ4n) is 3.37. The number of nitrogens with zero attached hydrogens (tertiary/aromatic N) is 3. The van der Waals surface area contributed by atoms with E-state index in [0.717, 1.165) is 17.7 Å². The highest BCUT2D eigenvalue weighted by atomic mass is 19.1. The van der Waals surface area contributed by atoms with Gasteiger partial charge < -0.3 is 10.0 Å². The summed E-state index contributed by atoms with van der Waals surface area (Å²) in [6.07, 6.45) is 0.644. The molecule has 0 saturated carbocycles. The van der Waals surface area contributed by atoms with E-state index < -0.39 is 5.82 Å². The molecule has 27 heavy (non-hydrogen) atoms. The molecule has 0 aliphatic carbocycles. The predicted molar refractivity (Wildman–Crippen MR) is 101 cm³/mol. The summed E-state index contributed by atoms with van der Waals surface area (Å²) < 4.78 is 13.5. The summed E-state index contributed by atoms with van der Waals surface area (Å²) >= 11 is 0. The number of halogens is 1. The molecule has 1 saturated heterocycles. The van der Waals surface area contributed by atoms with Crippen LogP contribution < -0.4 is 0 Å². The Morgan fingerprint density at radius 1 is 1.22 bits per heavy atom. The highest BCUT2D eigenvalue weighted by Gasteiger charge is 2.27. The van der Waals surface area contributed by atoms with Gasteiger partial charge in [-0.2, -0.15) is 5.26 Å². The van der Waals surface area contributed by atoms with E-state index in [-0.39, 0.29) is 24.1 Å². The second kappa shape index (κ2) is 8.30. The van der Waals surface area contributed by atoms with Crippen LogP contribution in [0.4, 0.5) is 4.39 Å². The molecule has 0 unspecified atom stereocenters. The Morgan fingerprint density at radius 2 is 1.93 bits per heavy atom. The molecule has 0 radical (unpaired) electrons. The van der Waals surface area contributed by atoms with E-state index in [4.69, 9.17) is 5.26 Å². The molecule has 6 heteroatoms. The Bertz CT molecular complexity index is 861. The van der Waals surface area contributed by atoms with E-state index in [9.17, 15) is 14.3 Å². The van der Waals surface area contributed by atoms with Crippen molar-refractivity contribution in [2.75, 3.05) is 33.3 Å². The first-order chi connectivity index (χ1) is 13.0. The molecule has 1 heterocycles. The molecule has 1 N–H and O–H groups in total. The molecular formula is C21H22FN3O2. The number of nitriles is 1. The molecule has 1 amide bonds. The van der Waals surface area contributed by atoms with Gasteiger partial charge in [-0.05, 0) is 48.9 Å². The van der Waals surface area contributed by atoms with Gasteiger partial charge in [0.05, 0.1) is 5.56 Å². The molecule has 1 aliphatic rings. The quantitative estimate of drug-likeness (QED) is 0.902. The highest BCUT2D eigenvalue weighted by Crippen LogP contribution is 2.23. The van der Waals surface area contributed by atoms with Gasteiger partial charge in [-0.3, -0.25) is 9.69 Å². The van der Waals surface area contributed by atoms with Gasteiger partial charge in [0.15, 0.2) is 0 Å². The predicted octanol–water partition coefficient (Wildman–Crippen LogP) is 2.50. The summed E-state index contributed by atoms with van der Waals surface area (Å²) in [6, 6.07) is 13.5. The number of carbonyl (C=O) groups is 1. The lowest BCUT2D eigenvalue weighted by atomic mass is 10.0. The molecule has 0 bridgehead atoms. The zero-order chi connectivity index (χ0) is 19.4. The fraction of sp³-hybridized carbons (Fsp3) is 0.333. The van der Waals surface area contributed by atoms with Crippen molar-refractivity contribution in [1.82, 2.24) is 9.80 Å². The maximum atomic E-state index is 13.5. The lowest BCUT2D eigenvalue weighted by Crippen LogP contribution is -2.53. The zero-order valence-electron chi connectivity index (χ0n) is 15.2. The summed E-state index contributed by atoms with van der Waals surface area (Å²) in [5.41, 5.74) is 2.14. The minimum atomic E-state index is -0.541.